The van der Waals surface area contributed by atoms with Crippen LogP contribution in [0.15, 0.2) is 16.6 Å². The van der Waals surface area contributed by atoms with Crippen LogP contribution < -0.4 is 15.8 Å². The number of nitrogens with one attached hydrogen (secondary N) is 1. The van der Waals surface area contributed by atoms with Gasteiger partial charge in [-0.2, -0.15) is 0 Å². The van der Waals surface area contributed by atoms with Crippen molar-refractivity contribution in [2.75, 3.05) is 13.2 Å². The molecule has 1 aromatic rings. The standard InChI is InChI=1S/C14H17BrN2O2/c15-11-5-9-1-4-19-12(9)10(6-11)7-17-13(18)14(8-16)2-3-14/h5-6H,1-4,7-8,16H2,(H,17,18). The number of ether oxygens (including phenoxy) is 1. The molecule has 0 aromatic heterocycles. The molecule has 1 amide bonds. The van der Waals surface area contributed by atoms with E-state index in [-0.39, 0.29) is 11.3 Å². The van der Waals surface area contributed by atoms with Crippen molar-refractivity contribution in [2.24, 2.45) is 11.1 Å². The lowest BCUT2D eigenvalue weighted by Crippen LogP contribution is -2.36. The van der Waals surface area contributed by atoms with Gasteiger partial charge in [-0.25, -0.2) is 0 Å². The number of hydrogen-bond donors (Lipinski definition) is 2. The number of amides is 1. The fraction of sp³-hybridized carbons (Fsp3) is 0.500. The van der Waals surface area contributed by atoms with Gasteiger partial charge in [-0.05, 0) is 30.5 Å². The Labute approximate surface area is 120 Å². The first kappa shape index (κ1) is 12.9. The Morgan fingerprint density at radius 2 is 2.26 bits per heavy atom. The first-order valence-electron chi connectivity index (χ1n) is 6.57. The summed E-state index contributed by atoms with van der Waals surface area (Å²) in [4.78, 5) is 12.1. The van der Waals surface area contributed by atoms with Gasteiger partial charge in [0.25, 0.3) is 0 Å². The molecule has 102 valence electrons. The van der Waals surface area contributed by atoms with Crippen molar-refractivity contribution in [1.82, 2.24) is 5.32 Å². The maximum absolute atomic E-state index is 12.1. The molecule has 1 aromatic carbocycles. The number of carbonyl (C=O) groups excluding carboxylic acids is 1. The second-order valence-electron chi connectivity index (χ2n) is 5.32. The molecule has 1 aliphatic carbocycles. The topological polar surface area (TPSA) is 64.4 Å². The fourth-order valence-corrected chi connectivity index (χ4v) is 3.07. The van der Waals surface area contributed by atoms with E-state index in [4.69, 9.17) is 10.5 Å². The van der Waals surface area contributed by atoms with Gasteiger partial charge >= 0.3 is 0 Å². The zero-order valence-corrected chi connectivity index (χ0v) is 12.3. The molecule has 19 heavy (non-hydrogen) atoms. The number of halogens is 1. The van der Waals surface area contributed by atoms with E-state index in [0.717, 1.165) is 41.7 Å². The number of fused-ring (bicyclic) bond motifs is 1. The van der Waals surface area contributed by atoms with E-state index in [1.165, 1.54) is 5.56 Å². The lowest BCUT2D eigenvalue weighted by molar-refractivity contribution is -0.126. The molecule has 0 spiro atoms. The highest BCUT2D eigenvalue weighted by molar-refractivity contribution is 9.10. The molecule has 0 atom stereocenters. The summed E-state index contributed by atoms with van der Waals surface area (Å²) in [6.07, 6.45) is 2.74. The van der Waals surface area contributed by atoms with E-state index < -0.39 is 0 Å². The normalized spacial score (nSPS) is 18.6. The molecule has 3 rings (SSSR count). The Morgan fingerprint density at radius 3 is 2.95 bits per heavy atom. The predicted octanol–water partition coefficient (Wildman–Crippen LogP) is 1.74. The van der Waals surface area contributed by atoms with Crippen LogP contribution in [-0.4, -0.2) is 19.1 Å². The quantitative estimate of drug-likeness (QED) is 0.886. The Morgan fingerprint density at radius 1 is 1.47 bits per heavy atom. The molecule has 0 saturated heterocycles. The third-order valence-electron chi connectivity index (χ3n) is 3.99. The highest BCUT2D eigenvalue weighted by atomic mass is 79.9. The number of benzene rings is 1. The van der Waals surface area contributed by atoms with Crippen molar-refractivity contribution in [1.29, 1.82) is 0 Å². The van der Waals surface area contributed by atoms with Crippen LogP contribution in [0, 0.1) is 5.41 Å². The van der Waals surface area contributed by atoms with Gasteiger partial charge in [-0.1, -0.05) is 15.9 Å². The Kier molecular flexibility index (Phi) is 3.27. The first-order chi connectivity index (χ1) is 9.14. The van der Waals surface area contributed by atoms with E-state index in [1.54, 1.807) is 0 Å². The summed E-state index contributed by atoms with van der Waals surface area (Å²) in [5.41, 5.74) is 7.60. The minimum atomic E-state index is -0.296. The minimum absolute atomic E-state index is 0.0710. The lowest BCUT2D eigenvalue weighted by Gasteiger charge is -2.14. The van der Waals surface area contributed by atoms with Gasteiger partial charge in [0.15, 0.2) is 0 Å². The fourth-order valence-electron chi connectivity index (χ4n) is 2.52. The van der Waals surface area contributed by atoms with Crippen molar-refractivity contribution >= 4 is 21.8 Å². The van der Waals surface area contributed by atoms with Gasteiger partial charge in [0.05, 0.1) is 12.0 Å². The zero-order valence-electron chi connectivity index (χ0n) is 10.7. The lowest BCUT2D eigenvalue weighted by atomic mass is 10.1. The molecule has 1 fully saturated rings. The number of rotatable bonds is 4. The highest BCUT2D eigenvalue weighted by Gasteiger charge is 2.48. The van der Waals surface area contributed by atoms with Crippen molar-refractivity contribution in [3.05, 3.63) is 27.7 Å². The molecule has 1 heterocycles. The van der Waals surface area contributed by atoms with Crippen molar-refractivity contribution < 1.29 is 9.53 Å². The number of nitrogens with two attached hydrogens (primary N) is 1. The van der Waals surface area contributed by atoms with E-state index in [9.17, 15) is 4.79 Å². The summed E-state index contributed by atoms with van der Waals surface area (Å²) >= 11 is 3.50. The Hall–Kier alpha value is -1.07. The van der Waals surface area contributed by atoms with Crippen molar-refractivity contribution in [3.8, 4) is 5.75 Å². The van der Waals surface area contributed by atoms with E-state index in [1.807, 2.05) is 6.07 Å². The second kappa shape index (κ2) is 4.80. The smallest absolute Gasteiger partial charge is 0.227 e. The van der Waals surface area contributed by atoms with E-state index in [2.05, 4.69) is 27.3 Å². The summed E-state index contributed by atoms with van der Waals surface area (Å²) < 4.78 is 6.68. The monoisotopic (exact) mass is 324 g/mol. The Bertz CT molecular complexity index is 526. The average Bonchev–Trinajstić information content (AvgIpc) is 3.07. The van der Waals surface area contributed by atoms with Crippen LogP contribution in [0.25, 0.3) is 0 Å². The van der Waals surface area contributed by atoms with Crippen LogP contribution in [-0.2, 0) is 17.8 Å². The second-order valence-corrected chi connectivity index (χ2v) is 6.23. The van der Waals surface area contributed by atoms with Crippen LogP contribution in [0.5, 0.6) is 5.75 Å². The first-order valence-corrected chi connectivity index (χ1v) is 7.36. The largest absolute Gasteiger partial charge is 0.493 e. The number of hydrogen-bond acceptors (Lipinski definition) is 3. The third-order valence-corrected chi connectivity index (χ3v) is 4.45. The van der Waals surface area contributed by atoms with Crippen LogP contribution in [0.2, 0.25) is 0 Å². The van der Waals surface area contributed by atoms with Crippen LogP contribution in [0.4, 0.5) is 0 Å². The minimum Gasteiger partial charge on any atom is -0.493 e. The molecule has 1 aliphatic heterocycles. The highest BCUT2D eigenvalue weighted by Crippen LogP contribution is 2.44. The molecule has 5 heteroatoms. The molecular formula is C14H17BrN2O2. The van der Waals surface area contributed by atoms with Crippen molar-refractivity contribution in [2.45, 2.75) is 25.8 Å². The van der Waals surface area contributed by atoms with Crippen LogP contribution >= 0.6 is 15.9 Å². The molecule has 1 saturated carbocycles. The van der Waals surface area contributed by atoms with Crippen LogP contribution in [0.3, 0.4) is 0 Å². The van der Waals surface area contributed by atoms with Gasteiger partial charge in [-0.3, -0.25) is 4.79 Å². The van der Waals surface area contributed by atoms with Gasteiger partial charge < -0.3 is 15.8 Å². The molecule has 2 aliphatic rings. The molecule has 0 bridgehead atoms. The van der Waals surface area contributed by atoms with Gasteiger partial charge in [0.1, 0.15) is 5.75 Å². The zero-order chi connectivity index (χ0) is 13.5. The van der Waals surface area contributed by atoms with E-state index in [0.29, 0.717) is 13.1 Å². The Balaban J connectivity index is 1.72. The molecular weight excluding hydrogens is 308 g/mol. The summed E-state index contributed by atoms with van der Waals surface area (Å²) in [6.45, 7) is 1.66. The maximum Gasteiger partial charge on any atom is 0.227 e. The average molecular weight is 325 g/mol. The van der Waals surface area contributed by atoms with Crippen LogP contribution in [0.1, 0.15) is 24.0 Å². The van der Waals surface area contributed by atoms with Gasteiger partial charge in [0, 0.05) is 29.5 Å². The molecule has 0 radical (unpaired) electrons. The SMILES string of the molecule is NCC1(C(=O)NCc2cc(Br)cc3c2OCC3)CC1. The number of carbonyl (C=O) groups is 1. The molecule has 0 unspecified atom stereocenters. The maximum atomic E-state index is 12.1. The molecule has 3 N–H and O–H groups in total. The summed E-state index contributed by atoms with van der Waals surface area (Å²) in [6, 6.07) is 4.09. The third kappa shape index (κ3) is 2.37. The van der Waals surface area contributed by atoms with Crippen molar-refractivity contribution in [3.63, 3.8) is 0 Å². The summed E-state index contributed by atoms with van der Waals surface area (Å²) in [5.74, 6) is 1.00. The van der Waals surface area contributed by atoms with E-state index >= 15 is 0 Å². The summed E-state index contributed by atoms with van der Waals surface area (Å²) in [5, 5.41) is 2.99. The van der Waals surface area contributed by atoms with Gasteiger partial charge in [0.2, 0.25) is 5.91 Å². The predicted molar refractivity (Wildman–Crippen MR) is 75.9 cm³/mol. The van der Waals surface area contributed by atoms with Gasteiger partial charge in [-0.15, -0.1) is 0 Å². The molecule has 4 nitrogen and oxygen atoms in total. The summed E-state index contributed by atoms with van der Waals surface area (Å²) in [7, 11) is 0.